The lowest BCUT2D eigenvalue weighted by Gasteiger charge is -2.57. The summed E-state index contributed by atoms with van der Waals surface area (Å²) in [6.45, 7) is 1.54. The van der Waals surface area contributed by atoms with Crippen LogP contribution in [0.25, 0.3) is 0 Å². The molecule has 0 spiro atoms. The van der Waals surface area contributed by atoms with Crippen LogP contribution in [0.15, 0.2) is 60.7 Å². The second-order valence-corrected chi connectivity index (χ2v) is 11.3. The molecule has 168 valence electrons. The van der Waals surface area contributed by atoms with Crippen LogP contribution in [0.3, 0.4) is 0 Å². The van der Waals surface area contributed by atoms with Crippen molar-refractivity contribution in [3.63, 3.8) is 0 Å². The molecule has 1 amide bonds. The monoisotopic (exact) mass is 429 g/mol. The van der Waals surface area contributed by atoms with Gasteiger partial charge in [0.15, 0.2) is 0 Å². The summed E-state index contributed by atoms with van der Waals surface area (Å²) in [5, 5.41) is 12.1. The molecule has 5 aliphatic rings. The highest BCUT2D eigenvalue weighted by Gasteiger charge is 2.56. The molecule has 0 radical (unpaired) electrons. The minimum absolute atomic E-state index is 0.0588. The molecule has 3 nitrogen and oxygen atoms in total. The molecule has 1 saturated heterocycles. The molecule has 2 aromatic carbocycles. The molecule has 0 atom stereocenters. The molecule has 32 heavy (non-hydrogen) atoms. The Balaban J connectivity index is 1.22. The number of carbonyl (C=O) groups excluding carboxylic acids is 1. The summed E-state index contributed by atoms with van der Waals surface area (Å²) in [6.07, 6.45) is 9.21. The van der Waals surface area contributed by atoms with Crippen molar-refractivity contribution < 1.29 is 9.90 Å². The number of piperidine rings is 1. The van der Waals surface area contributed by atoms with E-state index in [1.54, 1.807) is 0 Å². The normalized spacial score (nSPS) is 32.3. The molecule has 5 fully saturated rings. The topological polar surface area (TPSA) is 40.5 Å². The number of carbonyl (C=O) groups is 1. The van der Waals surface area contributed by atoms with Gasteiger partial charge in [0.2, 0.25) is 5.91 Å². The molecule has 1 aliphatic heterocycles. The van der Waals surface area contributed by atoms with Crippen LogP contribution in [0.4, 0.5) is 0 Å². The predicted molar refractivity (Wildman–Crippen MR) is 126 cm³/mol. The van der Waals surface area contributed by atoms with Gasteiger partial charge in [-0.3, -0.25) is 4.79 Å². The van der Waals surface area contributed by atoms with E-state index < -0.39 is 5.60 Å². The summed E-state index contributed by atoms with van der Waals surface area (Å²) in [5.41, 5.74) is 0.837. The van der Waals surface area contributed by atoms with E-state index in [0.717, 1.165) is 74.1 Å². The highest BCUT2D eigenvalue weighted by Crippen LogP contribution is 2.60. The largest absolute Gasteiger partial charge is 0.380 e. The first-order valence-electron chi connectivity index (χ1n) is 12.7. The van der Waals surface area contributed by atoms with Crippen molar-refractivity contribution in [2.24, 2.45) is 29.1 Å². The van der Waals surface area contributed by atoms with Crippen LogP contribution in [0.5, 0.6) is 0 Å². The van der Waals surface area contributed by atoms with Crippen LogP contribution in [0, 0.1) is 29.1 Å². The first kappa shape index (κ1) is 20.5. The zero-order valence-electron chi connectivity index (χ0n) is 19.0. The average Bonchev–Trinajstić information content (AvgIpc) is 2.83. The van der Waals surface area contributed by atoms with E-state index in [1.807, 2.05) is 60.7 Å². The van der Waals surface area contributed by atoms with Crippen molar-refractivity contribution in [3.8, 4) is 0 Å². The van der Waals surface area contributed by atoms with E-state index in [9.17, 15) is 9.90 Å². The Hall–Kier alpha value is -2.13. The van der Waals surface area contributed by atoms with Gasteiger partial charge in [-0.25, -0.2) is 0 Å². The fourth-order valence-electron chi connectivity index (χ4n) is 8.23. The molecule has 1 N–H and O–H groups in total. The lowest BCUT2D eigenvalue weighted by Crippen LogP contribution is -2.56. The lowest BCUT2D eigenvalue weighted by atomic mass is 9.49. The van der Waals surface area contributed by atoms with Crippen molar-refractivity contribution in [1.82, 2.24) is 4.90 Å². The van der Waals surface area contributed by atoms with Gasteiger partial charge in [-0.05, 0) is 86.2 Å². The number of benzene rings is 2. The van der Waals surface area contributed by atoms with Gasteiger partial charge in [0.1, 0.15) is 5.60 Å². The molecule has 3 heteroatoms. The number of hydrogen-bond acceptors (Lipinski definition) is 2. The van der Waals surface area contributed by atoms with E-state index in [0.29, 0.717) is 5.91 Å². The van der Waals surface area contributed by atoms with Crippen LogP contribution >= 0.6 is 0 Å². The average molecular weight is 430 g/mol. The summed E-state index contributed by atoms with van der Waals surface area (Å²) in [4.78, 5) is 16.0. The third-order valence-electron chi connectivity index (χ3n) is 9.29. The molecule has 4 aliphatic carbocycles. The van der Waals surface area contributed by atoms with E-state index in [1.165, 1.54) is 19.3 Å². The highest BCUT2D eigenvalue weighted by atomic mass is 16.3. The second kappa shape index (κ2) is 7.73. The molecule has 0 unspecified atom stereocenters. The van der Waals surface area contributed by atoms with Crippen LogP contribution in [-0.2, 0) is 10.4 Å². The maximum Gasteiger partial charge on any atom is 0.228 e. The Labute approximate surface area is 191 Å². The molecular formula is C29H35NO2. The van der Waals surface area contributed by atoms with Gasteiger partial charge in [-0.15, -0.1) is 0 Å². The summed E-state index contributed by atoms with van der Waals surface area (Å²) in [7, 11) is 0. The van der Waals surface area contributed by atoms with Crippen molar-refractivity contribution in [2.75, 3.05) is 13.1 Å². The van der Waals surface area contributed by atoms with E-state index in [2.05, 4.69) is 4.90 Å². The molecule has 1 heterocycles. The first-order valence-corrected chi connectivity index (χ1v) is 12.7. The summed E-state index contributed by atoms with van der Waals surface area (Å²) < 4.78 is 0. The van der Waals surface area contributed by atoms with Crippen LogP contribution in [0.2, 0.25) is 0 Å². The summed E-state index contributed by atoms with van der Waals surface area (Å²) in [6, 6.07) is 20.2. The van der Waals surface area contributed by atoms with Gasteiger partial charge in [-0.2, -0.15) is 0 Å². The smallest absolute Gasteiger partial charge is 0.228 e. The third-order valence-corrected chi connectivity index (χ3v) is 9.29. The highest BCUT2D eigenvalue weighted by molar-refractivity contribution is 5.83. The van der Waals surface area contributed by atoms with Gasteiger partial charge in [-0.1, -0.05) is 60.7 Å². The van der Waals surface area contributed by atoms with E-state index in [4.69, 9.17) is 0 Å². The summed E-state index contributed by atoms with van der Waals surface area (Å²) in [5.74, 6) is 2.93. The van der Waals surface area contributed by atoms with E-state index >= 15 is 0 Å². The van der Waals surface area contributed by atoms with Crippen molar-refractivity contribution in [3.05, 3.63) is 71.8 Å². The van der Waals surface area contributed by atoms with Crippen LogP contribution in [0.1, 0.15) is 62.5 Å². The Morgan fingerprint density at radius 3 is 1.66 bits per heavy atom. The zero-order valence-corrected chi connectivity index (χ0v) is 19.0. The standard InChI is InChI=1S/C29H35NO2/c31-27(28-18-21-15-22(19-28)17-23(16-21)20-28)30-13-11-26(12-14-30)29(32,24-7-3-1-4-8-24)25-9-5-2-6-10-25/h1-10,21-23,26,32H,11-20H2. The van der Waals surface area contributed by atoms with Gasteiger partial charge in [0.05, 0.1) is 5.41 Å². The number of nitrogens with zero attached hydrogens (tertiary/aromatic N) is 1. The van der Waals surface area contributed by atoms with Crippen molar-refractivity contribution in [2.45, 2.75) is 57.0 Å². The fraction of sp³-hybridized carbons (Fsp3) is 0.552. The fourth-order valence-corrected chi connectivity index (χ4v) is 8.23. The Morgan fingerprint density at radius 1 is 0.781 bits per heavy atom. The quantitative estimate of drug-likeness (QED) is 0.709. The molecule has 0 aromatic heterocycles. The van der Waals surface area contributed by atoms with Crippen LogP contribution < -0.4 is 0 Å². The molecule has 7 rings (SSSR count). The minimum Gasteiger partial charge on any atom is -0.380 e. The van der Waals surface area contributed by atoms with Crippen molar-refractivity contribution >= 4 is 5.91 Å². The Bertz CT molecular complexity index is 886. The van der Waals surface area contributed by atoms with Crippen molar-refractivity contribution in [1.29, 1.82) is 0 Å². The number of aliphatic hydroxyl groups is 1. The first-order chi connectivity index (χ1) is 15.6. The zero-order chi connectivity index (χ0) is 21.8. The summed E-state index contributed by atoms with van der Waals surface area (Å²) >= 11 is 0. The second-order valence-electron chi connectivity index (χ2n) is 11.3. The third kappa shape index (κ3) is 3.23. The SMILES string of the molecule is O=C(N1CCC(C(O)(c2ccccc2)c2ccccc2)CC1)C12CC3CC(CC(C3)C1)C2. The van der Waals surface area contributed by atoms with E-state index in [-0.39, 0.29) is 11.3 Å². The number of amides is 1. The molecule has 4 bridgehead atoms. The lowest BCUT2D eigenvalue weighted by molar-refractivity contribution is -0.160. The van der Waals surface area contributed by atoms with Gasteiger partial charge in [0, 0.05) is 13.1 Å². The number of rotatable bonds is 4. The maximum atomic E-state index is 13.8. The van der Waals surface area contributed by atoms with Gasteiger partial charge in [0.25, 0.3) is 0 Å². The minimum atomic E-state index is -1.02. The molecular weight excluding hydrogens is 394 g/mol. The molecule has 4 saturated carbocycles. The molecule has 2 aromatic rings. The van der Waals surface area contributed by atoms with Crippen LogP contribution in [-0.4, -0.2) is 29.0 Å². The predicted octanol–water partition coefficient (Wildman–Crippen LogP) is 5.38. The van der Waals surface area contributed by atoms with Gasteiger partial charge < -0.3 is 10.0 Å². The Morgan fingerprint density at radius 2 is 1.22 bits per heavy atom. The number of hydrogen-bond donors (Lipinski definition) is 1. The Kier molecular flexibility index (Phi) is 4.94. The maximum absolute atomic E-state index is 13.8. The number of likely N-dealkylation sites (tertiary alicyclic amines) is 1. The van der Waals surface area contributed by atoms with Gasteiger partial charge >= 0.3 is 0 Å².